The topological polar surface area (TPSA) is 48.3 Å². The molecule has 0 amide bonds. The molecule has 1 aromatic heterocycles. The first kappa shape index (κ1) is 24.5. The summed E-state index contributed by atoms with van der Waals surface area (Å²) in [5, 5.41) is -0.0639. The largest absolute Gasteiger partial charge is 2.00 e. The third-order valence-corrected chi connectivity index (χ3v) is 4.26. The molecular weight excluding hydrogens is 432 g/mol. The number of aromatic nitrogens is 1. The van der Waals surface area contributed by atoms with Crippen molar-refractivity contribution in [1.29, 1.82) is 0 Å². The van der Waals surface area contributed by atoms with Crippen LogP contribution in [-0.2, 0) is 28.4 Å². The number of esters is 1. The molecule has 2 aromatic rings. The van der Waals surface area contributed by atoms with Gasteiger partial charge < -0.3 is 9.30 Å². The molecule has 4 rings (SSSR count). The molecule has 0 N–H and O–H groups in total. The van der Waals surface area contributed by atoms with E-state index >= 15 is 0 Å². The molecule has 2 aliphatic carbocycles. The van der Waals surface area contributed by atoms with Gasteiger partial charge in [-0.25, -0.2) is 13.6 Å². The van der Waals surface area contributed by atoms with Crippen LogP contribution in [0.3, 0.4) is 0 Å². The number of hydrogen-bond acceptors (Lipinski definition) is 3. The van der Waals surface area contributed by atoms with E-state index in [0.29, 0.717) is 6.54 Å². The van der Waals surface area contributed by atoms with Crippen molar-refractivity contribution in [2.75, 3.05) is 6.61 Å². The summed E-state index contributed by atoms with van der Waals surface area (Å²) in [6.45, 7) is 2.04. The summed E-state index contributed by atoms with van der Waals surface area (Å²) in [6.07, 6.45) is 18.7. The van der Waals surface area contributed by atoms with Crippen LogP contribution in [0.2, 0.25) is 0 Å². The summed E-state index contributed by atoms with van der Waals surface area (Å²) >= 11 is 0. The molecule has 0 bridgehead atoms. The van der Waals surface area contributed by atoms with E-state index in [2.05, 4.69) is 0 Å². The van der Waals surface area contributed by atoms with Gasteiger partial charge in [-0.2, -0.15) is 0 Å². The van der Waals surface area contributed by atoms with Crippen molar-refractivity contribution >= 4 is 16.9 Å². The molecule has 4 nitrogen and oxygen atoms in total. The maximum absolute atomic E-state index is 13.6. The van der Waals surface area contributed by atoms with Crippen LogP contribution in [0.15, 0.2) is 23.1 Å². The maximum Gasteiger partial charge on any atom is 2.00 e. The maximum atomic E-state index is 13.6. The second-order valence-corrected chi connectivity index (χ2v) is 6.26. The molecule has 30 heavy (non-hydrogen) atoms. The summed E-state index contributed by atoms with van der Waals surface area (Å²) in [6, 6.07) is 1.78. The average molecular weight is 451 g/mol. The van der Waals surface area contributed by atoms with Crippen LogP contribution < -0.4 is 5.43 Å². The predicted molar refractivity (Wildman–Crippen MR) is 106 cm³/mol. The summed E-state index contributed by atoms with van der Waals surface area (Å²) in [5.74, 6) is -2.08. The number of fused-ring (bicyclic) bond motifs is 1. The molecule has 1 aromatic carbocycles. The van der Waals surface area contributed by atoms with E-state index in [1.807, 2.05) is 57.8 Å². The minimum atomic E-state index is -1.14. The van der Waals surface area contributed by atoms with Gasteiger partial charge in [-0.3, -0.25) is 4.79 Å². The summed E-state index contributed by atoms with van der Waals surface area (Å²) in [7, 11) is 0. The van der Waals surface area contributed by atoms with Gasteiger partial charge in [-0.05, 0) is 70.8 Å². The Labute approximate surface area is 186 Å². The monoisotopic (exact) mass is 451 g/mol. The third-order valence-electron chi connectivity index (χ3n) is 4.26. The molecule has 1 heterocycles. The Hall–Kier alpha value is -1.72. The standard InChI is InChI=1S/C18H14F2NO3.C5H5.Fe/c1-2-24-18(23)13-10-21(9-11-5-3-4-6-11)16-8-15(20)14(19)7-12(16)17(13)22;1-2-4-5-3-1;/h3-8,10H,2,9H2,1H3;1-5H;/q;;+2. The third kappa shape index (κ3) is 5.92. The van der Waals surface area contributed by atoms with E-state index in [1.165, 1.54) is 6.20 Å². The molecule has 0 atom stereocenters. The Morgan fingerprint density at radius 3 is 2.10 bits per heavy atom. The number of carbonyl (C=O) groups excluding carboxylic acids is 1. The van der Waals surface area contributed by atoms with E-state index < -0.39 is 23.0 Å². The fourth-order valence-corrected chi connectivity index (χ4v) is 2.91. The van der Waals surface area contributed by atoms with Crippen molar-refractivity contribution in [1.82, 2.24) is 4.57 Å². The molecule has 0 aliphatic heterocycles. The number of hydrogen-bond donors (Lipinski definition) is 0. The zero-order chi connectivity index (χ0) is 20.8. The van der Waals surface area contributed by atoms with Crippen molar-refractivity contribution in [2.24, 2.45) is 0 Å². The summed E-state index contributed by atoms with van der Waals surface area (Å²) in [5.41, 5.74) is -0.670. The average Bonchev–Trinajstić information content (AvgIpc) is 3.42. The zero-order valence-corrected chi connectivity index (χ0v) is 17.2. The van der Waals surface area contributed by atoms with Gasteiger partial charge in [0.2, 0.25) is 5.43 Å². The van der Waals surface area contributed by atoms with Crippen LogP contribution in [0.25, 0.3) is 10.9 Å². The molecule has 2 saturated carbocycles. The van der Waals surface area contributed by atoms with Gasteiger partial charge in [0.05, 0.1) is 12.1 Å². The van der Waals surface area contributed by atoms with Gasteiger partial charge in [0.25, 0.3) is 0 Å². The van der Waals surface area contributed by atoms with Gasteiger partial charge in [-0.15, -0.1) is 0 Å². The second-order valence-electron chi connectivity index (χ2n) is 6.26. The molecule has 0 spiro atoms. The van der Waals surface area contributed by atoms with Crippen molar-refractivity contribution in [2.45, 2.75) is 13.5 Å². The normalized spacial score (nSPS) is 16.1. The van der Waals surface area contributed by atoms with Crippen LogP contribution >= 0.6 is 0 Å². The fraction of sp³-hybridized carbons (Fsp3) is 0.130. The summed E-state index contributed by atoms with van der Waals surface area (Å²) < 4.78 is 33.6. The molecule has 2 fully saturated rings. The van der Waals surface area contributed by atoms with E-state index in [0.717, 1.165) is 18.1 Å². The van der Waals surface area contributed by atoms with Gasteiger partial charge >= 0.3 is 23.0 Å². The van der Waals surface area contributed by atoms with Crippen molar-refractivity contribution < 1.29 is 35.4 Å². The number of ether oxygens (including phenoxy) is 1. The predicted octanol–water partition coefficient (Wildman–Crippen LogP) is 3.88. The Bertz CT molecular complexity index is 911. The Morgan fingerprint density at radius 1 is 0.967 bits per heavy atom. The van der Waals surface area contributed by atoms with E-state index in [9.17, 15) is 18.4 Å². The smallest absolute Gasteiger partial charge is 0.462 e. The molecular formula is C23H19F2FeNO3+2. The van der Waals surface area contributed by atoms with Gasteiger partial charge in [0, 0.05) is 30.1 Å². The zero-order valence-electron chi connectivity index (χ0n) is 16.1. The van der Waals surface area contributed by atoms with Crippen LogP contribution in [0.5, 0.6) is 0 Å². The molecule has 0 unspecified atom stereocenters. The summed E-state index contributed by atoms with van der Waals surface area (Å²) in [4.78, 5) is 24.5. The number of pyridine rings is 1. The van der Waals surface area contributed by atoms with Gasteiger partial charge in [-0.1, -0.05) is 0 Å². The molecule has 154 valence electrons. The first-order valence-corrected chi connectivity index (χ1v) is 9.08. The van der Waals surface area contributed by atoms with E-state index in [-0.39, 0.29) is 40.1 Å². The Balaban J connectivity index is 0.000000468. The molecule has 2 aliphatic rings. The fourth-order valence-electron chi connectivity index (χ4n) is 2.91. The number of rotatable bonds is 4. The number of carbonyl (C=O) groups is 1. The first-order chi connectivity index (χ1) is 14.0. The van der Waals surface area contributed by atoms with Crippen molar-refractivity contribution in [3.05, 3.63) is 109 Å². The van der Waals surface area contributed by atoms with Crippen molar-refractivity contribution in [3.8, 4) is 0 Å². The number of nitrogens with zero attached hydrogens (tertiary/aromatic N) is 1. The van der Waals surface area contributed by atoms with Crippen LogP contribution in [0, 0.1) is 75.3 Å². The Morgan fingerprint density at radius 2 is 1.53 bits per heavy atom. The van der Waals surface area contributed by atoms with Crippen LogP contribution in [-0.4, -0.2) is 17.1 Å². The quantitative estimate of drug-likeness (QED) is 0.524. The minimum absolute atomic E-state index is 0. The van der Waals surface area contributed by atoms with Crippen LogP contribution in [0.1, 0.15) is 17.3 Å². The van der Waals surface area contributed by atoms with E-state index in [4.69, 9.17) is 4.74 Å². The first-order valence-electron chi connectivity index (χ1n) is 9.08. The van der Waals surface area contributed by atoms with Crippen LogP contribution in [0.4, 0.5) is 8.78 Å². The number of benzene rings is 1. The van der Waals surface area contributed by atoms with Gasteiger partial charge in [0.15, 0.2) is 11.6 Å². The molecule has 0 saturated heterocycles. The SMILES string of the molecule is CCOC(=O)c1cn(C[C]2[CH][CH][CH][CH]2)c2cc(F)c(F)cc2c1=O.[CH]1[CH][CH][CH][CH]1.[Fe+2]. The van der Waals surface area contributed by atoms with Crippen molar-refractivity contribution in [3.63, 3.8) is 0 Å². The molecule has 10 radical (unpaired) electrons. The van der Waals surface area contributed by atoms with Gasteiger partial charge in [0.1, 0.15) is 5.56 Å². The Kier molecular flexibility index (Phi) is 9.50. The molecule has 7 heteroatoms. The number of halogens is 2. The minimum Gasteiger partial charge on any atom is -0.462 e. The van der Waals surface area contributed by atoms with E-state index in [1.54, 1.807) is 11.5 Å². The second kappa shape index (κ2) is 11.6.